The lowest BCUT2D eigenvalue weighted by Crippen LogP contribution is -2.18. The molecule has 24 heavy (non-hydrogen) atoms. The number of benzene rings is 2. The summed E-state index contributed by atoms with van der Waals surface area (Å²) in [6.45, 7) is 0. The number of hydrogen-bond acceptors (Lipinski definition) is 5. The molecule has 126 valence electrons. The van der Waals surface area contributed by atoms with Gasteiger partial charge < -0.3 is 14.2 Å². The van der Waals surface area contributed by atoms with Crippen LogP contribution in [0.3, 0.4) is 0 Å². The van der Waals surface area contributed by atoms with E-state index in [1.54, 1.807) is 36.4 Å². The number of halogens is 1. The number of rotatable bonds is 6. The lowest BCUT2D eigenvalue weighted by molar-refractivity contribution is 0.0952. The second kappa shape index (κ2) is 8.21. The van der Waals surface area contributed by atoms with Gasteiger partial charge in [-0.1, -0.05) is 23.7 Å². The summed E-state index contributed by atoms with van der Waals surface area (Å²) in [7, 11) is 4.55. The van der Waals surface area contributed by atoms with E-state index in [1.165, 1.54) is 27.5 Å². The van der Waals surface area contributed by atoms with Crippen LogP contribution >= 0.6 is 11.6 Å². The Kier molecular flexibility index (Phi) is 6.03. The number of nitrogens with zero attached hydrogens (tertiary/aromatic N) is 1. The molecule has 0 aliphatic heterocycles. The molecule has 2 aromatic carbocycles. The molecule has 0 bridgehead atoms. The van der Waals surface area contributed by atoms with Crippen molar-refractivity contribution in [2.45, 2.75) is 0 Å². The quantitative estimate of drug-likeness (QED) is 0.643. The van der Waals surface area contributed by atoms with E-state index in [4.69, 9.17) is 25.8 Å². The van der Waals surface area contributed by atoms with E-state index in [-0.39, 0.29) is 5.91 Å². The third-order valence-corrected chi connectivity index (χ3v) is 3.55. The molecular formula is C17H17ClN2O4. The number of ether oxygens (including phenoxy) is 3. The zero-order valence-corrected chi connectivity index (χ0v) is 14.3. The molecule has 6 nitrogen and oxygen atoms in total. The van der Waals surface area contributed by atoms with Crippen LogP contribution in [0.4, 0.5) is 0 Å². The monoisotopic (exact) mass is 348 g/mol. The third-order valence-electron chi connectivity index (χ3n) is 3.22. The van der Waals surface area contributed by atoms with Crippen LogP contribution in [0.2, 0.25) is 5.02 Å². The topological polar surface area (TPSA) is 69.2 Å². The Morgan fingerprint density at radius 2 is 1.67 bits per heavy atom. The highest BCUT2D eigenvalue weighted by atomic mass is 35.5. The molecule has 0 aromatic heterocycles. The Morgan fingerprint density at radius 3 is 2.33 bits per heavy atom. The normalized spacial score (nSPS) is 10.5. The maximum absolute atomic E-state index is 12.1. The van der Waals surface area contributed by atoms with Crippen LogP contribution in [0.5, 0.6) is 17.2 Å². The molecule has 2 aromatic rings. The van der Waals surface area contributed by atoms with E-state index < -0.39 is 0 Å². The highest BCUT2D eigenvalue weighted by Crippen LogP contribution is 2.32. The molecule has 0 saturated heterocycles. The summed E-state index contributed by atoms with van der Waals surface area (Å²) in [5.41, 5.74) is 3.40. The van der Waals surface area contributed by atoms with E-state index in [2.05, 4.69) is 10.5 Å². The van der Waals surface area contributed by atoms with Crippen LogP contribution in [-0.2, 0) is 0 Å². The maximum atomic E-state index is 12.1. The molecule has 0 aliphatic rings. The van der Waals surface area contributed by atoms with Crippen molar-refractivity contribution in [3.63, 3.8) is 0 Å². The first-order valence-corrected chi connectivity index (χ1v) is 7.36. The number of hydrazone groups is 1. The van der Waals surface area contributed by atoms with E-state index in [9.17, 15) is 4.79 Å². The number of para-hydroxylation sites is 1. The second-order valence-corrected chi connectivity index (χ2v) is 5.04. The van der Waals surface area contributed by atoms with Crippen molar-refractivity contribution in [3.8, 4) is 17.2 Å². The standard InChI is InChI=1S/C17H17ClN2O4/c1-22-14-7-5-4-6-12(14)17(21)20-19-10-11-8-15(23-2)16(24-3)9-13(11)18/h4-10H,1-3H3,(H,20,21)/b19-10+. The summed E-state index contributed by atoms with van der Waals surface area (Å²) in [6.07, 6.45) is 1.43. The summed E-state index contributed by atoms with van der Waals surface area (Å²) in [5, 5.41) is 4.34. The highest BCUT2D eigenvalue weighted by molar-refractivity contribution is 6.33. The van der Waals surface area contributed by atoms with Gasteiger partial charge in [-0.2, -0.15) is 5.10 Å². The van der Waals surface area contributed by atoms with Gasteiger partial charge in [-0.3, -0.25) is 4.79 Å². The summed E-state index contributed by atoms with van der Waals surface area (Å²) in [4.78, 5) is 12.1. The number of methoxy groups -OCH3 is 3. The molecule has 7 heteroatoms. The minimum absolute atomic E-state index is 0.385. The van der Waals surface area contributed by atoms with E-state index in [1.807, 2.05) is 0 Å². The van der Waals surface area contributed by atoms with E-state index >= 15 is 0 Å². The van der Waals surface area contributed by atoms with Gasteiger partial charge >= 0.3 is 0 Å². The zero-order chi connectivity index (χ0) is 17.5. The molecule has 0 saturated carbocycles. The zero-order valence-electron chi connectivity index (χ0n) is 13.5. The Morgan fingerprint density at radius 1 is 1.04 bits per heavy atom. The smallest absolute Gasteiger partial charge is 0.275 e. The average Bonchev–Trinajstić information content (AvgIpc) is 2.62. The van der Waals surface area contributed by atoms with Gasteiger partial charge in [0.05, 0.1) is 38.1 Å². The molecule has 0 fully saturated rings. The van der Waals surface area contributed by atoms with Crippen LogP contribution in [-0.4, -0.2) is 33.5 Å². The van der Waals surface area contributed by atoms with Crippen molar-refractivity contribution in [3.05, 3.63) is 52.5 Å². The van der Waals surface area contributed by atoms with Crippen LogP contribution in [0.15, 0.2) is 41.5 Å². The first kappa shape index (κ1) is 17.6. The van der Waals surface area contributed by atoms with Crippen molar-refractivity contribution in [1.82, 2.24) is 5.43 Å². The number of hydrogen-bond donors (Lipinski definition) is 1. The van der Waals surface area contributed by atoms with Gasteiger partial charge in [-0.05, 0) is 18.2 Å². The summed E-state index contributed by atoms with van der Waals surface area (Å²) in [6, 6.07) is 10.1. The number of nitrogens with one attached hydrogen (secondary N) is 1. The Hall–Kier alpha value is -2.73. The highest BCUT2D eigenvalue weighted by Gasteiger charge is 2.11. The lowest BCUT2D eigenvalue weighted by Gasteiger charge is -2.09. The number of carbonyl (C=O) groups excluding carboxylic acids is 1. The van der Waals surface area contributed by atoms with Gasteiger partial charge in [0.25, 0.3) is 5.91 Å². The summed E-state index contributed by atoms with van der Waals surface area (Å²) >= 11 is 6.16. The second-order valence-electron chi connectivity index (χ2n) is 4.63. The van der Waals surface area contributed by atoms with E-state index in [0.29, 0.717) is 33.4 Å². The first-order chi connectivity index (χ1) is 11.6. The van der Waals surface area contributed by atoms with Gasteiger partial charge in [0.2, 0.25) is 0 Å². The predicted octanol–water partition coefficient (Wildman–Crippen LogP) is 3.13. The average molecular weight is 349 g/mol. The first-order valence-electron chi connectivity index (χ1n) is 6.98. The van der Waals surface area contributed by atoms with Gasteiger partial charge in [-0.25, -0.2) is 5.43 Å². The summed E-state index contributed by atoms with van der Waals surface area (Å²) in [5.74, 6) is 1.10. The van der Waals surface area contributed by atoms with Gasteiger partial charge in [-0.15, -0.1) is 0 Å². The molecule has 0 aliphatic carbocycles. The van der Waals surface area contributed by atoms with Gasteiger partial charge in [0.15, 0.2) is 11.5 Å². The molecule has 0 heterocycles. The van der Waals surface area contributed by atoms with Crippen molar-refractivity contribution in [2.75, 3.05) is 21.3 Å². The van der Waals surface area contributed by atoms with Crippen molar-refractivity contribution in [2.24, 2.45) is 5.10 Å². The predicted molar refractivity (Wildman–Crippen MR) is 92.6 cm³/mol. The lowest BCUT2D eigenvalue weighted by atomic mass is 10.2. The van der Waals surface area contributed by atoms with Crippen LogP contribution < -0.4 is 19.6 Å². The Bertz CT molecular complexity index is 762. The number of carbonyl (C=O) groups is 1. The fraction of sp³-hybridized carbons (Fsp3) is 0.176. The minimum atomic E-state index is -0.389. The fourth-order valence-electron chi connectivity index (χ4n) is 2.02. The largest absolute Gasteiger partial charge is 0.496 e. The minimum Gasteiger partial charge on any atom is -0.496 e. The molecule has 0 radical (unpaired) electrons. The molecular weight excluding hydrogens is 332 g/mol. The molecule has 0 unspecified atom stereocenters. The fourth-order valence-corrected chi connectivity index (χ4v) is 2.22. The molecule has 2 rings (SSSR count). The maximum Gasteiger partial charge on any atom is 0.275 e. The van der Waals surface area contributed by atoms with Crippen molar-refractivity contribution < 1.29 is 19.0 Å². The Labute approximate surface area is 145 Å². The summed E-state index contributed by atoms with van der Waals surface area (Å²) < 4.78 is 15.5. The Balaban J connectivity index is 2.15. The number of amides is 1. The SMILES string of the molecule is COc1cc(Cl)c(/C=N/NC(=O)c2ccccc2OC)cc1OC. The molecule has 0 atom stereocenters. The third kappa shape index (κ3) is 3.97. The molecule has 1 N–H and O–H groups in total. The van der Waals surface area contributed by atoms with Crippen LogP contribution in [0.1, 0.15) is 15.9 Å². The molecule has 1 amide bonds. The molecule has 0 spiro atoms. The van der Waals surface area contributed by atoms with Gasteiger partial charge in [0.1, 0.15) is 5.75 Å². The van der Waals surface area contributed by atoms with Gasteiger partial charge in [0, 0.05) is 11.6 Å². The van der Waals surface area contributed by atoms with E-state index in [0.717, 1.165) is 0 Å². The van der Waals surface area contributed by atoms with Crippen molar-refractivity contribution in [1.29, 1.82) is 0 Å². The van der Waals surface area contributed by atoms with Crippen LogP contribution in [0.25, 0.3) is 0 Å². The van der Waals surface area contributed by atoms with Crippen LogP contribution in [0, 0.1) is 0 Å². The van der Waals surface area contributed by atoms with Crippen molar-refractivity contribution >= 4 is 23.7 Å².